The summed E-state index contributed by atoms with van der Waals surface area (Å²) in [6, 6.07) is 5.54. The van der Waals surface area contributed by atoms with Crippen molar-refractivity contribution in [1.29, 1.82) is 0 Å². The van der Waals surface area contributed by atoms with Gasteiger partial charge in [-0.25, -0.2) is 4.98 Å². The van der Waals surface area contributed by atoms with E-state index in [0.29, 0.717) is 5.02 Å². The number of rotatable bonds is 3. The van der Waals surface area contributed by atoms with Crippen molar-refractivity contribution in [3.63, 3.8) is 0 Å². The van der Waals surface area contributed by atoms with E-state index < -0.39 is 6.10 Å². The Kier molecular flexibility index (Phi) is 4.04. The van der Waals surface area contributed by atoms with Gasteiger partial charge in [0.15, 0.2) is 4.34 Å². The molecule has 3 nitrogen and oxygen atoms in total. The lowest BCUT2D eigenvalue weighted by Crippen LogP contribution is -1.90. The van der Waals surface area contributed by atoms with Gasteiger partial charge in [0.1, 0.15) is 5.82 Å². The van der Waals surface area contributed by atoms with E-state index in [1.807, 2.05) is 19.1 Å². The summed E-state index contributed by atoms with van der Waals surface area (Å²) in [7, 11) is 0. The van der Waals surface area contributed by atoms with E-state index in [0.717, 1.165) is 20.6 Å². The number of benzene rings is 1. The van der Waals surface area contributed by atoms with Crippen molar-refractivity contribution in [1.82, 2.24) is 9.36 Å². The number of hydrogen-bond donors (Lipinski definition) is 1. The second-order valence-corrected chi connectivity index (χ2v) is 6.02. The molecule has 0 saturated heterocycles. The molecule has 90 valence electrons. The molecule has 0 aliphatic carbocycles. The van der Waals surface area contributed by atoms with Crippen LogP contribution in [-0.2, 0) is 0 Å². The first-order valence-corrected chi connectivity index (χ1v) is 6.98. The van der Waals surface area contributed by atoms with Gasteiger partial charge >= 0.3 is 0 Å². The summed E-state index contributed by atoms with van der Waals surface area (Å²) in [5.74, 6) is 0.772. The first kappa shape index (κ1) is 12.8. The zero-order valence-corrected chi connectivity index (χ0v) is 11.7. The highest BCUT2D eigenvalue weighted by atomic mass is 35.5. The van der Waals surface area contributed by atoms with Gasteiger partial charge in [0.05, 0.1) is 11.1 Å². The average molecular weight is 287 g/mol. The molecule has 1 aromatic heterocycles. The van der Waals surface area contributed by atoms with Crippen LogP contribution in [0.15, 0.2) is 27.4 Å². The third kappa shape index (κ3) is 3.19. The van der Waals surface area contributed by atoms with Crippen molar-refractivity contribution in [3.05, 3.63) is 34.6 Å². The summed E-state index contributed by atoms with van der Waals surface area (Å²) in [4.78, 5) is 5.19. The Hall–Kier alpha value is -0.620. The van der Waals surface area contributed by atoms with E-state index in [4.69, 9.17) is 11.6 Å². The Bertz CT molecular complexity index is 528. The number of aliphatic hydroxyl groups excluding tert-OH is 1. The molecule has 1 heterocycles. The maximum absolute atomic E-state index is 9.45. The van der Waals surface area contributed by atoms with Gasteiger partial charge < -0.3 is 5.11 Å². The number of hydrogen-bond acceptors (Lipinski definition) is 5. The van der Waals surface area contributed by atoms with Crippen LogP contribution in [0.3, 0.4) is 0 Å². The predicted molar refractivity (Wildman–Crippen MR) is 70.9 cm³/mol. The highest BCUT2D eigenvalue weighted by Gasteiger charge is 2.09. The molecular formula is C11H11ClN2OS2. The molecule has 2 rings (SSSR count). The van der Waals surface area contributed by atoms with E-state index in [-0.39, 0.29) is 0 Å². The zero-order valence-electron chi connectivity index (χ0n) is 9.35. The van der Waals surface area contributed by atoms with E-state index in [2.05, 4.69) is 9.36 Å². The summed E-state index contributed by atoms with van der Waals surface area (Å²) in [5, 5.41) is 10.1. The van der Waals surface area contributed by atoms with Crippen LogP contribution in [0, 0.1) is 6.92 Å². The van der Waals surface area contributed by atoms with E-state index in [9.17, 15) is 5.11 Å². The maximum atomic E-state index is 9.45. The molecular weight excluding hydrogens is 276 g/mol. The van der Waals surface area contributed by atoms with Crippen molar-refractivity contribution in [3.8, 4) is 0 Å². The molecule has 0 radical (unpaired) electrons. The smallest absolute Gasteiger partial charge is 0.174 e. The summed E-state index contributed by atoms with van der Waals surface area (Å²) >= 11 is 9.00. The normalized spacial score (nSPS) is 12.7. The molecule has 0 aliphatic rings. The van der Waals surface area contributed by atoms with Crippen LogP contribution >= 0.6 is 34.9 Å². The summed E-state index contributed by atoms with van der Waals surface area (Å²) in [5.41, 5.74) is 0.813. The Morgan fingerprint density at radius 2 is 2.24 bits per heavy atom. The second kappa shape index (κ2) is 5.35. The van der Waals surface area contributed by atoms with Gasteiger partial charge in [-0.2, -0.15) is 4.37 Å². The first-order valence-electron chi connectivity index (χ1n) is 5.02. The Morgan fingerprint density at radius 3 is 2.76 bits per heavy atom. The molecule has 0 fully saturated rings. The summed E-state index contributed by atoms with van der Waals surface area (Å²) in [6.45, 7) is 3.57. The molecule has 0 spiro atoms. The monoisotopic (exact) mass is 286 g/mol. The number of aromatic nitrogens is 2. The van der Waals surface area contributed by atoms with Gasteiger partial charge in [0.2, 0.25) is 0 Å². The SMILES string of the molecule is Cc1nsc(Sc2ccc([C@@H](C)O)cc2Cl)n1. The van der Waals surface area contributed by atoms with Crippen LogP contribution in [0.2, 0.25) is 5.02 Å². The van der Waals surface area contributed by atoms with E-state index in [1.54, 1.807) is 13.0 Å². The van der Waals surface area contributed by atoms with Gasteiger partial charge in [-0.1, -0.05) is 29.4 Å². The van der Waals surface area contributed by atoms with Crippen LogP contribution < -0.4 is 0 Å². The average Bonchev–Trinajstić information content (AvgIpc) is 2.67. The summed E-state index contributed by atoms with van der Waals surface area (Å²) < 4.78 is 4.98. The fourth-order valence-electron chi connectivity index (χ4n) is 1.27. The Balaban J connectivity index is 2.22. The number of nitrogens with zero attached hydrogens (tertiary/aromatic N) is 2. The van der Waals surface area contributed by atoms with Crippen molar-refractivity contribution in [2.24, 2.45) is 0 Å². The van der Waals surface area contributed by atoms with Crippen LogP contribution in [0.4, 0.5) is 0 Å². The largest absolute Gasteiger partial charge is 0.389 e. The number of aliphatic hydroxyl groups is 1. The first-order chi connectivity index (χ1) is 8.06. The minimum absolute atomic E-state index is 0.504. The van der Waals surface area contributed by atoms with Crippen molar-refractivity contribution >= 4 is 34.9 Å². The van der Waals surface area contributed by atoms with Crippen LogP contribution in [0.25, 0.3) is 0 Å². The summed E-state index contributed by atoms with van der Waals surface area (Å²) in [6.07, 6.45) is -0.504. The minimum atomic E-state index is -0.504. The maximum Gasteiger partial charge on any atom is 0.174 e. The molecule has 6 heteroatoms. The lowest BCUT2D eigenvalue weighted by molar-refractivity contribution is 0.199. The highest BCUT2D eigenvalue weighted by Crippen LogP contribution is 2.35. The topological polar surface area (TPSA) is 46.0 Å². The molecule has 2 aromatic rings. The molecule has 0 unspecified atom stereocenters. The predicted octanol–water partition coefficient (Wildman–Crippen LogP) is 3.70. The van der Waals surface area contributed by atoms with Gasteiger partial charge in [-0.05, 0) is 43.1 Å². The highest BCUT2D eigenvalue weighted by molar-refractivity contribution is 8.01. The molecule has 0 amide bonds. The van der Waals surface area contributed by atoms with Crippen molar-refractivity contribution in [2.45, 2.75) is 29.2 Å². The van der Waals surface area contributed by atoms with Gasteiger partial charge in [0, 0.05) is 4.90 Å². The lowest BCUT2D eigenvalue weighted by atomic mass is 10.1. The number of halogens is 1. The van der Waals surface area contributed by atoms with Crippen molar-refractivity contribution in [2.75, 3.05) is 0 Å². The standard InChI is InChI=1S/C11H11ClN2OS2/c1-6(15)8-3-4-10(9(12)5-8)16-11-13-7(2)14-17-11/h3-6,15H,1-2H3/t6-/m1/s1. The molecule has 1 N–H and O–H groups in total. The fourth-order valence-corrected chi connectivity index (χ4v) is 3.19. The Labute approximate surface area is 113 Å². The third-order valence-electron chi connectivity index (χ3n) is 2.14. The molecule has 0 bridgehead atoms. The van der Waals surface area contributed by atoms with Gasteiger partial charge in [-0.3, -0.25) is 0 Å². The zero-order chi connectivity index (χ0) is 12.4. The van der Waals surface area contributed by atoms with Crippen LogP contribution in [0.5, 0.6) is 0 Å². The molecule has 1 aromatic carbocycles. The quantitative estimate of drug-likeness (QED) is 0.934. The lowest BCUT2D eigenvalue weighted by Gasteiger charge is -2.07. The molecule has 0 aliphatic heterocycles. The Morgan fingerprint density at radius 1 is 1.47 bits per heavy atom. The molecule has 0 saturated carbocycles. The van der Waals surface area contributed by atoms with E-state index in [1.165, 1.54) is 23.3 Å². The van der Waals surface area contributed by atoms with Crippen LogP contribution in [0.1, 0.15) is 24.4 Å². The number of aryl methyl sites for hydroxylation is 1. The molecule has 1 atom stereocenters. The minimum Gasteiger partial charge on any atom is -0.389 e. The van der Waals surface area contributed by atoms with Gasteiger partial charge in [0.25, 0.3) is 0 Å². The van der Waals surface area contributed by atoms with Crippen LogP contribution in [-0.4, -0.2) is 14.5 Å². The fraction of sp³-hybridized carbons (Fsp3) is 0.273. The van der Waals surface area contributed by atoms with Crippen molar-refractivity contribution < 1.29 is 5.11 Å². The second-order valence-electron chi connectivity index (χ2n) is 3.58. The third-order valence-corrected chi connectivity index (χ3v) is 4.49. The molecule has 17 heavy (non-hydrogen) atoms. The van der Waals surface area contributed by atoms with Gasteiger partial charge in [-0.15, -0.1) is 0 Å². The van der Waals surface area contributed by atoms with E-state index >= 15 is 0 Å².